The van der Waals surface area contributed by atoms with Gasteiger partial charge in [-0.05, 0) is 30.7 Å². The molecular weight excluding hydrogens is 393 g/mol. The van der Waals surface area contributed by atoms with Gasteiger partial charge in [0.1, 0.15) is 17.5 Å². The van der Waals surface area contributed by atoms with Crippen LogP contribution >= 0.6 is 11.6 Å². The van der Waals surface area contributed by atoms with Crippen molar-refractivity contribution in [3.63, 3.8) is 0 Å². The van der Waals surface area contributed by atoms with Crippen LogP contribution in [0.3, 0.4) is 0 Å². The molecule has 4 nitrogen and oxygen atoms in total. The molecule has 2 aromatic carbocycles. The highest BCUT2D eigenvalue weighted by Gasteiger charge is 2.23. The SMILES string of the molecule is CCOC(=O)Cc1ccc(N2CCN(c3cc(F)c(Cl)cc3F)CC2)c(F)c1. The van der Waals surface area contributed by atoms with Crippen molar-refractivity contribution in [2.75, 3.05) is 42.6 Å². The molecule has 0 saturated carbocycles. The molecule has 0 aliphatic carbocycles. The zero-order valence-corrected chi connectivity index (χ0v) is 16.1. The lowest BCUT2D eigenvalue weighted by molar-refractivity contribution is -0.142. The normalized spacial score (nSPS) is 14.3. The number of rotatable bonds is 5. The number of benzene rings is 2. The Morgan fingerprint density at radius 1 is 0.964 bits per heavy atom. The van der Waals surface area contributed by atoms with Crippen molar-refractivity contribution in [2.45, 2.75) is 13.3 Å². The second kappa shape index (κ2) is 8.73. The van der Waals surface area contributed by atoms with Gasteiger partial charge in [-0.25, -0.2) is 13.2 Å². The molecule has 1 aliphatic heterocycles. The van der Waals surface area contributed by atoms with Crippen LogP contribution in [-0.2, 0) is 16.0 Å². The second-order valence-electron chi connectivity index (χ2n) is 6.46. The van der Waals surface area contributed by atoms with Crippen molar-refractivity contribution in [2.24, 2.45) is 0 Å². The van der Waals surface area contributed by atoms with Crippen molar-refractivity contribution >= 4 is 28.9 Å². The van der Waals surface area contributed by atoms with Crippen LogP contribution in [0.4, 0.5) is 24.5 Å². The van der Waals surface area contributed by atoms with E-state index in [0.717, 1.165) is 12.1 Å². The Morgan fingerprint density at radius 2 is 1.57 bits per heavy atom. The third kappa shape index (κ3) is 4.52. The molecule has 150 valence electrons. The largest absolute Gasteiger partial charge is 0.466 e. The lowest BCUT2D eigenvalue weighted by Crippen LogP contribution is -2.47. The first-order valence-electron chi connectivity index (χ1n) is 8.97. The molecule has 0 radical (unpaired) electrons. The summed E-state index contributed by atoms with van der Waals surface area (Å²) in [6.45, 7) is 3.69. The van der Waals surface area contributed by atoms with Gasteiger partial charge in [0.15, 0.2) is 0 Å². The number of nitrogens with zero attached hydrogens (tertiary/aromatic N) is 2. The number of anilines is 2. The predicted molar refractivity (Wildman–Crippen MR) is 103 cm³/mol. The summed E-state index contributed by atoms with van der Waals surface area (Å²) in [5, 5.41) is -0.259. The Kier molecular flexibility index (Phi) is 6.34. The van der Waals surface area contributed by atoms with E-state index in [2.05, 4.69) is 0 Å². The van der Waals surface area contributed by atoms with Crippen molar-refractivity contribution in [1.29, 1.82) is 0 Å². The van der Waals surface area contributed by atoms with Crippen molar-refractivity contribution < 1.29 is 22.7 Å². The molecule has 0 bridgehead atoms. The second-order valence-corrected chi connectivity index (χ2v) is 6.87. The number of hydrogen-bond donors (Lipinski definition) is 0. The third-order valence-electron chi connectivity index (χ3n) is 4.62. The van der Waals surface area contributed by atoms with Gasteiger partial charge in [0.25, 0.3) is 0 Å². The highest BCUT2D eigenvalue weighted by atomic mass is 35.5. The van der Waals surface area contributed by atoms with E-state index in [9.17, 15) is 18.0 Å². The van der Waals surface area contributed by atoms with E-state index < -0.39 is 23.4 Å². The van der Waals surface area contributed by atoms with Crippen LogP contribution in [0.25, 0.3) is 0 Å². The van der Waals surface area contributed by atoms with Crippen LogP contribution in [0.2, 0.25) is 5.02 Å². The maximum atomic E-state index is 14.5. The molecule has 0 unspecified atom stereocenters. The molecule has 0 amide bonds. The summed E-state index contributed by atoms with van der Waals surface area (Å²) < 4.78 is 47.2. The van der Waals surface area contributed by atoms with Gasteiger partial charge in [-0.2, -0.15) is 0 Å². The topological polar surface area (TPSA) is 32.8 Å². The lowest BCUT2D eigenvalue weighted by Gasteiger charge is -2.37. The number of piperazine rings is 1. The standard InChI is InChI=1S/C20H20ClF3N2O2/c1-2-28-20(27)10-13-3-4-18(16(23)9-13)25-5-7-26(8-6-25)19-12-15(22)14(21)11-17(19)24/h3-4,9,11-12H,2,5-8,10H2,1H3. The Balaban J connectivity index is 1.66. The smallest absolute Gasteiger partial charge is 0.310 e. The van der Waals surface area contributed by atoms with Gasteiger partial charge in [-0.15, -0.1) is 0 Å². The van der Waals surface area contributed by atoms with Crippen LogP contribution in [0.1, 0.15) is 12.5 Å². The highest BCUT2D eigenvalue weighted by Crippen LogP contribution is 2.28. The van der Waals surface area contributed by atoms with Crippen molar-refractivity contribution in [3.8, 4) is 0 Å². The van der Waals surface area contributed by atoms with Crippen LogP contribution in [-0.4, -0.2) is 38.8 Å². The zero-order valence-electron chi connectivity index (χ0n) is 15.4. The minimum atomic E-state index is -0.677. The summed E-state index contributed by atoms with van der Waals surface area (Å²) in [4.78, 5) is 15.1. The van der Waals surface area contributed by atoms with Gasteiger partial charge < -0.3 is 14.5 Å². The number of hydrogen-bond acceptors (Lipinski definition) is 4. The molecule has 8 heteroatoms. The summed E-state index contributed by atoms with van der Waals surface area (Å²) >= 11 is 5.59. The van der Waals surface area contributed by atoms with E-state index in [1.165, 1.54) is 6.07 Å². The van der Waals surface area contributed by atoms with Crippen LogP contribution < -0.4 is 9.80 Å². The van der Waals surface area contributed by atoms with Gasteiger partial charge in [-0.1, -0.05) is 17.7 Å². The van der Waals surface area contributed by atoms with Gasteiger partial charge in [0.05, 0.1) is 29.4 Å². The lowest BCUT2D eigenvalue weighted by atomic mass is 10.1. The molecule has 0 spiro atoms. The molecule has 28 heavy (non-hydrogen) atoms. The monoisotopic (exact) mass is 412 g/mol. The predicted octanol–water partition coefficient (Wildman–Crippen LogP) is 4.19. The Labute approximate surface area is 166 Å². The number of ether oxygens (including phenoxy) is 1. The summed E-state index contributed by atoms with van der Waals surface area (Å²) in [5.41, 5.74) is 1.10. The maximum Gasteiger partial charge on any atom is 0.310 e. The van der Waals surface area contributed by atoms with Crippen LogP contribution in [0, 0.1) is 17.5 Å². The first-order valence-corrected chi connectivity index (χ1v) is 9.35. The summed E-state index contributed by atoms with van der Waals surface area (Å²) in [6.07, 6.45) is 0.0141. The minimum absolute atomic E-state index is 0.0141. The molecule has 0 aromatic heterocycles. The van der Waals surface area contributed by atoms with E-state index in [4.69, 9.17) is 16.3 Å². The van der Waals surface area contributed by atoms with E-state index in [1.807, 2.05) is 4.90 Å². The number of halogens is 4. The van der Waals surface area contributed by atoms with Gasteiger partial charge in [-0.3, -0.25) is 4.79 Å². The van der Waals surface area contributed by atoms with Crippen LogP contribution in [0.15, 0.2) is 30.3 Å². The molecule has 2 aromatic rings. The number of carbonyl (C=O) groups excluding carboxylic acids is 1. The molecule has 1 aliphatic rings. The first kappa shape index (κ1) is 20.3. The Bertz CT molecular complexity index is 871. The van der Waals surface area contributed by atoms with Gasteiger partial charge in [0.2, 0.25) is 0 Å². The minimum Gasteiger partial charge on any atom is -0.466 e. The maximum absolute atomic E-state index is 14.5. The van der Waals surface area contributed by atoms with Crippen molar-refractivity contribution in [3.05, 3.63) is 58.4 Å². The molecule has 0 N–H and O–H groups in total. The number of carbonyl (C=O) groups is 1. The molecule has 1 heterocycles. The molecule has 1 fully saturated rings. The fourth-order valence-corrected chi connectivity index (χ4v) is 3.39. The summed E-state index contributed by atoms with van der Waals surface area (Å²) in [7, 11) is 0. The Hall–Kier alpha value is -2.41. The van der Waals surface area contributed by atoms with E-state index in [-0.39, 0.29) is 23.7 Å². The summed E-state index contributed by atoms with van der Waals surface area (Å²) in [6, 6.07) is 6.68. The molecular formula is C20H20ClF3N2O2. The zero-order chi connectivity index (χ0) is 20.3. The number of esters is 1. The van der Waals surface area contributed by atoms with E-state index in [1.54, 1.807) is 24.0 Å². The fraction of sp³-hybridized carbons (Fsp3) is 0.350. The quantitative estimate of drug-likeness (QED) is 0.544. The fourth-order valence-electron chi connectivity index (χ4n) is 3.24. The average molecular weight is 413 g/mol. The average Bonchev–Trinajstić information content (AvgIpc) is 2.65. The third-order valence-corrected chi connectivity index (χ3v) is 4.91. The highest BCUT2D eigenvalue weighted by molar-refractivity contribution is 6.30. The van der Waals surface area contributed by atoms with Gasteiger partial charge in [0, 0.05) is 32.2 Å². The summed E-state index contributed by atoms with van der Waals surface area (Å²) in [5.74, 6) is -2.10. The van der Waals surface area contributed by atoms with Crippen LogP contribution in [0.5, 0.6) is 0 Å². The molecule has 3 rings (SSSR count). The van der Waals surface area contributed by atoms with Crippen molar-refractivity contribution in [1.82, 2.24) is 0 Å². The first-order chi connectivity index (χ1) is 13.4. The molecule has 1 saturated heterocycles. The van der Waals surface area contributed by atoms with E-state index in [0.29, 0.717) is 37.4 Å². The van der Waals surface area contributed by atoms with Gasteiger partial charge >= 0.3 is 5.97 Å². The van der Waals surface area contributed by atoms with E-state index >= 15 is 0 Å². The Morgan fingerprint density at radius 3 is 2.18 bits per heavy atom. The molecule has 0 atom stereocenters.